The van der Waals surface area contributed by atoms with Gasteiger partial charge in [-0.2, -0.15) is 5.26 Å². The van der Waals surface area contributed by atoms with Gasteiger partial charge in [0.25, 0.3) is 0 Å². The van der Waals surface area contributed by atoms with E-state index in [1.165, 1.54) is 0 Å². The van der Waals surface area contributed by atoms with Gasteiger partial charge in [-0.15, -0.1) is 6.42 Å². The molecule has 0 saturated heterocycles. The van der Waals surface area contributed by atoms with Gasteiger partial charge < -0.3 is 29.4 Å². The number of ether oxygens (including phenoxy) is 5. The number of allylic oxidation sites excluding steroid dienone is 1. The Balaban J connectivity index is 1.89. The smallest absolute Gasteiger partial charge is 0.231 e. The molecule has 0 fully saturated rings. The minimum absolute atomic E-state index is 0.0505. The van der Waals surface area contributed by atoms with Gasteiger partial charge in [0.1, 0.15) is 24.0 Å². The largest absolute Gasteiger partial charge is 0.490 e. The summed E-state index contributed by atoms with van der Waals surface area (Å²) < 4.78 is 29.0. The van der Waals surface area contributed by atoms with Crippen LogP contribution in [0.15, 0.2) is 35.7 Å². The summed E-state index contributed by atoms with van der Waals surface area (Å²) in [6.45, 7) is 2.57. The number of rotatable bonds is 5. The zero-order valence-electron chi connectivity index (χ0n) is 16.0. The molecule has 30 heavy (non-hydrogen) atoms. The van der Waals surface area contributed by atoms with Crippen molar-refractivity contribution in [3.05, 3.63) is 50.4 Å². The van der Waals surface area contributed by atoms with Crippen LogP contribution in [0.4, 0.5) is 0 Å². The predicted octanol–water partition coefficient (Wildman–Crippen LogP) is 3.65. The second-order valence-electron chi connectivity index (χ2n) is 6.42. The summed E-state index contributed by atoms with van der Waals surface area (Å²) in [5.41, 5.74) is 7.95. The van der Waals surface area contributed by atoms with Crippen LogP contribution < -0.4 is 29.4 Å². The standard InChI is InChI=1S/C22H17IN2O5/c1-3-5-27-21-15(23)6-12(7-19(21)26-4-2)20-13-8-17-18(29-11-28-17)9-16(13)30-22(25)14(20)10-24/h1,6-9,20H,4-5,11,25H2,2H3/t20-/m0/s1. The second-order valence-corrected chi connectivity index (χ2v) is 7.59. The number of halogens is 1. The van der Waals surface area contributed by atoms with Crippen molar-refractivity contribution in [3.63, 3.8) is 0 Å². The summed E-state index contributed by atoms with van der Waals surface area (Å²) >= 11 is 2.16. The molecular formula is C22H17IN2O5. The summed E-state index contributed by atoms with van der Waals surface area (Å²) in [7, 11) is 0. The zero-order valence-corrected chi connectivity index (χ0v) is 18.2. The van der Waals surface area contributed by atoms with Crippen LogP contribution in [-0.4, -0.2) is 20.0 Å². The number of nitrogens with zero attached hydrogens (tertiary/aromatic N) is 1. The molecule has 2 heterocycles. The average Bonchev–Trinajstić information content (AvgIpc) is 3.18. The molecule has 4 rings (SSSR count). The molecule has 2 aliphatic heterocycles. The molecule has 0 saturated carbocycles. The Kier molecular flexibility index (Phi) is 5.51. The first-order valence-corrected chi connectivity index (χ1v) is 10.2. The maximum Gasteiger partial charge on any atom is 0.231 e. The van der Waals surface area contributed by atoms with Crippen molar-refractivity contribution in [3.8, 4) is 47.2 Å². The molecule has 0 bridgehead atoms. The first-order chi connectivity index (χ1) is 14.6. The lowest BCUT2D eigenvalue weighted by atomic mass is 9.83. The fourth-order valence-electron chi connectivity index (χ4n) is 3.46. The van der Waals surface area contributed by atoms with Crippen LogP contribution in [0.3, 0.4) is 0 Å². The molecule has 0 aromatic heterocycles. The van der Waals surface area contributed by atoms with E-state index < -0.39 is 5.92 Å². The van der Waals surface area contributed by atoms with E-state index >= 15 is 0 Å². The maximum absolute atomic E-state index is 9.82. The van der Waals surface area contributed by atoms with Crippen molar-refractivity contribution < 1.29 is 23.7 Å². The van der Waals surface area contributed by atoms with Crippen LogP contribution in [0.5, 0.6) is 28.7 Å². The van der Waals surface area contributed by atoms with Crippen LogP contribution in [-0.2, 0) is 0 Å². The van der Waals surface area contributed by atoms with Gasteiger partial charge in [0, 0.05) is 11.6 Å². The van der Waals surface area contributed by atoms with Gasteiger partial charge in [-0.05, 0) is 53.3 Å². The summed E-state index contributed by atoms with van der Waals surface area (Å²) in [4.78, 5) is 0. The second kappa shape index (κ2) is 8.25. The molecule has 152 valence electrons. The molecule has 1 atom stereocenters. The number of hydrogen-bond donors (Lipinski definition) is 1. The highest BCUT2D eigenvalue weighted by molar-refractivity contribution is 14.1. The molecule has 8 heteroatoms. The Bertz CT molecular complexity index is 1130. The van der Waals surface area contributed by atoms with Gasteiger partial charge in [-0.3, -0.25) is 0 Å². The van der Waals surface area contributed by atoms with Crippen molar-refractivity contribution in [1.82, 2.24) is 0 Å². The van der Waals surface area contributed by atoms with Gasteiger partial charge in [-0.1, -0.05) is 5.92 Å². The van der Waals surface area contributed by atoms with Crippen molar-refractivity contribution in [2.24, 2.45) is 5.73 Å². The third kappa shape index (κ3) is 3.44. The number of fused-ring (bicyclic) bond motifs is 2. The third-order valence-corrected chi connectivity index (χ3v) is 5.48. The van der Waals surface area contributed by atoms with E-state index in [1.807, 2.05) is 25.1 Å². The summed E-state index contributed by atoms with van der Waals surface area (Å²) in [5.74, 6) is 4.82. The topological polar surface area (TPSA) is 96.0 Å². The lowest BCUT2D eigenvalue weighted by molar-refractivity contribution is 0.174. The van der Waals surface area contributed by atoms with E-state index in [1.54, 1.807) is 6.07 Å². The Morgan fingerprint density at radius 3 is 2.67 bits per heavy atom. The van der Waals surface area contributed by atoms with Crippen molar-refractivity contribution in [2.75, 3.05) is 20.0 Å². The SMILES string of the molecule is C#CCOc1c(I)cc([C@@H]2C(C#N)=C(N)Oc3cc4c(cc32)OCO4)cc1OCC. The number of nitrogens with two attached hydrogens (primary N) is 1. The highest BCUT2D eigenvalue weighted by Crippen LogP contribution is 2.49. The lowest BCUT2D eigenvalue weighted by Crippen LogP contribution is -2.21. The fraction of sp³-hybridized carbons (Fsp3) is 0.227. The summed E-state index contributed by atoms with van der Waals surface area (Å²) in [6, 6.07) is 9.50. The Morgan fingerprint density at radius 2 is 1.97 bits per heavy atom. The van der Waals surface area contributed by atoms with Crippen molar-refractivity contribution >= 4 is 22.6 Å². The van der Waals surface area contributed by atoms with Crippen LogP contribution in [0.1, 0.15) is 24.0 Å². The first kappa shape index (κ1) is 20.0. The molecule has 0 radical (unpaired) electrons. The monoisotopic (exact) mass is 516 g/mol. The molecule has 0 spiro atoms. The molecular weight excluding hydrogens is 499 g/mol. The minimum Gasteiger partial charge on any atom is -0.490 e. The van der Waals surface area contributed by atoms with E-state index in [9.17, 15) is 5.26 Å². The molecule has 2 aromatic rings. The van der Waals surface area contributed by atoms with Crippen LogP contribution in [0, 0.1) is 27.2 Å². The molecule has 2 N–H and O–H groups in total. The number of benzene rings is 2. The van der Waals surface area contributed by atoms with Crippen LogP contribution >= 0.6 is 22.6 Å². The highest BCUT2D eigenvalue weighted by atomic mass is 127. The molecule has 2 aliphatic rings. The van der Waals surface area contributed by atoms with Gasteiger partial charge in [0.2, 0.25) is 12.7 Å². The Labute approximate surface area is 187 Å². The van der Waals surface area contributed by atoms with E-state index in [0.717, 1.165) is 14.7 Å². The Morgan fingerprint density at radius 1 is 1.20 bits per heavy atom. The maximum atomic E-state index is 9.82. The first-order valence-electron chi connectivity index (χ1n) is 9.11. The van der Waals surface area contributed by atoms with Crippen molar-refractivity contribution in [1.29, 1.82) is 5.26 Å². The highest BCUT2D eigenvalue weighted by Gasteiger charge is 2.34. The van der Waals surface area contributed by atoms with Gasteiger partial charge >= 0.3 is 0 Å². The minimum atomic E-state index is -0.470. The molecule has 0 amide bonds. The third-order valence-electron chi connectivity index (χ3n) is 4.68. The molecule has 7 nitrogen and oxygen atoms in total. The molecule has 2 aromatic carbocycles. The number of nitriles is 1. The van der Waals surface area contributed by atoms with Gasteiger partial charge in [0.15, 0.2) is 23.0 Å². The van der Waals surface area contributed by atoms with Gasteiger partial charge in [-0.25, -0.2) is 0 Å². The lowest BCUT2D eigenvalue weighted by Gasteiger charge is -2.27. The number of terminal acetylenes is 1. The predicted molar refractivity (Wildman–Crippen MR) is 117 cm³/mol. The molecule has 0 aliphatic carbocycles. The van der Waals surface area contributed by atoms with E-state index in [4.69, 9.17) is 35.8 Å². The van der Waals surface area contributed by atoms with Gasteiger partial charge in [0.05, 0.1) is 16.1 Å². The quantitative estimate of drug-likeness (QED) is 0.479. The van der Waals surface area contributed by atoms with E-state index in [0.29, 0.717) is 40.9 Å². The zero-order chi connectivity index (χ0) is 21.3. The van der Waals surface area contributed by atoms with Crippen LogP contribution in [0.2, 0.25) is 0 Å². The van der Waals surface area contributed by atoms with E-state index in [2.05, 4.69) is 34.6 Å². The summed E-state index contributed by atoms with van der Waals surface area (Å²) in [5, 5.41) is 9.82. The molecule has 0 unspecified atom stereocenters. The summed E-state index contributed by atoms with van der Waals surface area (Å²) in [6.07, 6.45) is 5.34. The fourth-order valence-corrected chi connectivity index (χ4v) is 4.24. The van der Waals surface area contributed by atoms with Crippen LogP contribution in [0.25, 0.3) is 0 Å². The van der Waals surface area contributed by atoms with E-state index in [-0.39, 0.29) is 19.3 Å². The average molecular weight is 516 g/mol. The normalized spacial score (nSPS) is 16.2. The number of hydrogen-bond acceptors (Lipinski definition) is 7. The Hall–Kier alpha value is -3.24. The van der Waals surface area contributed by atoms with Crippen molar-refractivity contribution in [2.45, 2.75) is 12.8 Å².